The first-order valence-corrected chi connectivity index (χ1v) is 10.1. The van der Waals surface area contributed by atoms with Crippen LogP contribution in [0.1, 0.15) is 29.9 Å². The number of nitrogens with zero attached hydrogens (tertiary/aromatic N) is 5. The second kappa shape index (κ2) is 8.36. The number of piperidine rings is 1. The molecule has 8 heteroatoms. The summed E-state index contributed by atoms with van der Waals surface area (Å²) in [5.74, 6) is 0.765. The lowest BCUT2D eigenvalue weighted by Gasteiger charge is -2.31. The van der Waals surface area contributed by atoms with Crippen molar-refractivity contribution in [3.63, 3.8) is 0 Å². The van der Waals surface area contributed by atoms with Gasteiger partial charge >= 0.3 is 0 Å². The van der Waals surface area contributed by atoms with Crippen molar-refractivity contribution in [2.24, 2.45) is 0 Å². The molecule has 0 unspecified atom stereocenters. The van der Waals surface area contributed by atoms with E-state index in [-0.39, 0.29) is 12.3 Å². The summed E-state index contributed by atoms with van der Waals surface area (Å²) in [5, 5.41) is 21.7. The molecule has 29 heavy (non-hydrogen) atoms. The Morgan fingerprint density at radius 1 is 1.24 bits per heavy atom. The van der Waals surface area contributed by atoms with E-state index >= 15 is 0 Å². The molecule has 0 bridgehead atoms. The van der Waals surface area contributed by atoms with Crippen LogP contribution in [0.25, 0.3) is 10.2 Å². The van der Waals surface area contributed by atoms with E-state index in [9.17, 15) is 4.79 Å². The lowest BCUT2D eigenvalue weighted by molar-refractivity contribution is -0.115. The number of pyridine rings is 1. The normalized spacial score (nSPS) is 15.0. The highest BCUT2D eigenvalue weighted by atomic mass is 32.1. The van der Waals surface area contributed by atoms with Crippen LogP contribution in [0, 0.1) is 22.7 Å². The van der Waals surface area contributed by atoms with Crippen molar-refractivity contribution in [1.82, 2.24) is 14.9 Å². The van der Waals surface area contributed by atoms with E-state index in [0.29, 0.717) is 11.5 Å². The zero-order valence-electron chi connectivity index (χ0n) is 15.6. The van der Waals surface area contributed by atoms with Gasteiger partial charge in [0.15, 0.2) is 5.13 Å². The molecule has 7 nitrogen and oxygen atoms in total. The highest BCUT2D eigenvalue weighted by molar-refractivity contribution is 7.22. The average molecular weight is 402 g/mol. The van der Waals surface area contributed by atoms with E-state index in [1.165, 1.54) is 16.9 Å². The summed E-state index contributed by atoms with van der Waals surface area (Å²) in [6.45, 7) is 1.84. The first kappa shape index (κ1) is 19.0. The Kier molecular flexibility index (Phi) is 5.48. The maximum Gasteiger partial charge on any atom is 0.245 e. The standard InChI is InChI=1S/C21H18N6OS/c22-11-14-1-2-18-19(9-14)29-21(25-18)26-20-10-16(3-6-24-20)15-4-7-27(8-5-15)13-17(28)12-23/h1-3,6,9-10,15H,4-5,7-8,13H2,(H,24,25,26). The predicted molar refractivity (Wildman–Crippen MR) is 111 cm³/mol. The number of aromatic nitrogens is 2. The number of Topliss-reactive ketones (excluding diaryl/α,β-unsaturated/α-hetero) is 1. The van der Waals surface area contributed by atoms with Gasteiger partial charge in [0.1, 0.15) is 11.9 Å². The largest absolute Gasteiger partial charge is 0.316 e. The number of nitriles is 2. The van der Waals surface area contributed by atoms with Crippen LogP contribution in [0.2, 0.25) is 0 Å². The fourth-order valence-electron chi connectivity index (χ4n) is 3.59. The Bertz CT molecular complexity index is 1130. The van der Waals surface area contributed by atoms with E-state index in [2.05, 4.69) is 21.4 Å². The Morgan fingerprint density at radius 3 is 2.83 bits per heavy atom. The van der Waals surface area contributed by atoms with Crippen molar-refractivity contribution in [2.75, 3.05) is 25.0 Å². The molecule has 0 saturated carbocycles. The van der Waals surface area contributed by atoms with Gasteiger partial charge in [0.05, 0.1) is 28.4 Å². The van der Waals surface area contributed by atoms with Crippen LogP contribution in [0.15, 0.2) is 36.5 Å². The molecule has 4 rings (SSSR count). The van der Waals surface area contributed by atoms with E-state index < -0.39 is 0 Å². The summed E-state index contributed by atoms with van der Waals surface area (Å²) in [6, 6.07) is 13.4. The fraction of sp³-hybridized carbons (Fsp3) is 0.286. The van der Waals surface area contributed by atoms with Gasteiger partial charge < -0.3 is 5.32 Å². The van der Waals surface area contributed by atoms with Crippen molar-refractivity contribution in [1.29, 1.82) is 10.5 Å². The Morgan fingerprint density at radius 2 is 2.07 bits per heavy atom. The third kappa shape index (κ3) is 4.40. The van der Waals surface area contributed by atoms with Crippen LogP contribution in [-0.4, -0.2) is 40.3 Å². The lowest BCUT2D eigenvalue weighted by atomic mass is 9.90. The predicted octanol–water partition coefficient (Wildman–Crippen LogP) is 3.58. The number of ketones is 1. The molecule has 1 aliphatic rings. The quantitative estimate of drug-likeness (QED) is 0.650. The number of benzene rings is 1. The molecule has 0 spiro atoms. The van der Waals surface area contributed by atoms with Crippen molar-refractivity contribution >= 4 is 38.3 Å². The topological polar surface area (TPSA) is 106 Å². The molecule has 144 valence electrons. The van der Waals surface area contributed by atoms with E-state index in [4.69, 9.17) is 10.5 Å². The molecule has 1 fully saturated rings. The molecule has 1 aliphatic heterocycles. The van der Waals surface area contributed by atoms with Crippen LogP contribution in [0.5, 0.6) is 0 Å². The fourth-order valence-corrected chi connectivity index (χ4v) is 4.50. The molecule has 1 N–H and O–H groups in total. The number of rotatable bonds is 5. The van der Waals surface area contributed by atoms with Crippen LogP contribution in [0.4, 0.5) is 10.9 Å². The molecule has 1 saturated heterocycles. The second-order valence-corrected chi connectivity index (χ2v) is 8.03. The molecule has 1 aromatic carbocycles. The number of nitrogens with one attached hydrogen (secondary N) is 1. The number of anilines is 2. The molecule has 3 heterocycles. The van der Waals surface area contributed by atoms with Gasteiger partial charge in [0.25, 0.3) is 0 Å². The van der Waals surface area contributed by atoms with Crippen molar-refractivity contribution in [3.05, 3.63) is 47.7 Å². The first-order valence-electron chi connectivity index (χ1n) is 9.33. The monoisotopic (exact) mass is 402 g/mol. The summed E-state index contributed by atoms with van der Waals surface area (Å²) >= 11 is 1.49. The van der Waals surface area contributed by atoms with Gasteiger partial charge in [0.2, 0.25) is 5.78 Å². The minimum absolute atomic E-state index is 0.220. The maximum absolute atomic E-state index is 11.3. The molecule has 0 aliphatic carbocycles. The number of thiazole rings is 1. The third-order valence-corrected chi connectivity index (χ3v) is 6.02. The van der Waals surface area contributed by atoms with Crippen molar-refractivity contribution < 1.29 is 4.79 Å². The Balaban J connectivity index is 1.44. The Hall–Kier alpha value is -3.33. The van der Waals surface area contributed by atoms with Gasteiger partial charge in [-0.3, -0.25) is 9.69 Å². The van der Waals surface area contributed by atoms with Crippen LogP contribution in [-0.2, 0) is 4.79 Å². The zero-order chi connectivity index (χ0) is 20.2. The smallest absolute Gasteiger partial charge is 0.245 e. The third-order valence-electron chi connectivity index (χ3n) is 5.09. The number of fused-ring (bicyclic) bond motifs is 1. The summed E-state index contributed by atoms with van der Waals surface area (Å²) in [4.78, 5) is 22.3. The molecule has 2 aromatic heterocycles. The Labute approximate surface area is 172 Å². The minimum Gasteiger partial charge on any atom is -0.316 e. The van der Waals surface area contributed by atoms with Gasteiger partial charge in [0, 0.05) is 6.20 Å². The van der Waals surface area contributed by atoms with Gasteiger partial charge in [-0.15, -0.1) is 0 Å². The number of likely N-dealkylation sites (tertiary alicyclic amines) is 1. The van der Waals surface area contributed by atoms with Gasteiger partial charge in [-0.2, -0.15) is 10.5 Å². The second-order valence-electron chi connectivity index (χ2n) is 7.00. The number of carbonyl (C=O) groups excluding carboxylic acids is 1. The highest BCUT2D eigenvalue weighted by Gasteiger charge is 2.22. The number of hydrogen-bond acceptors (Lipinski definition) is 8. The number of hydrogen-bond donors (Lipinski definition) is 1. The minimum atomic E-state index is -0.378. The lowest BCUT2D eigenvalue weighted by Crippen LogP contribution is -2.36. The molecule has 3 aromatic rings. The SMILES string of the molecule is N#CC(=O)CN1CCC(c2ccnc(Nc3nc4ccc(C#N)cc4s3)c2)CC1. The van der Waals surface area contributed by atoms with Crippen LogP contribution in [0.3, 0.4) is 0 Å². The maximum atomic E-state index is 11.3. The summed E-state index contributed by atoms with van der Waals surface area (Å²) < 4.78 is 0.960. The summed E-state index contributed by atoms with van der Waals surface area (Å²) in [7, 11) is 0. The highest BCUT2D eigenvalue weighted by Crippen LogP contribution is 2.31. The van der Waals surface area contributed by atoms with Crippen molar-refractivity contribution in [2.45, 2.75) is 18.8 Å². The zero-order valence-corrected chi connectivity index (χ0v) is 16.4. The van der Waals surface area contributed by atoms with E-state index in [1.807, 2.05) is 29.2 Å². The molecule has 0 amide bonds. The van der Waals surface area contributed by atoms with Gasteiger partial charge in [-0.1, -0.05) is 11.3 Å². The first-order chi connectivity index (χ1) is 14.1. The molecular weight excluding hydrogens is 384 g/mol. The van der Waals surface area contributed by atoms with Crippen LogP contribution >= 0.6 is 11.3 Å². The van der Waals surface area contributed by atoms with Crippen molar-refractivity contribution in [3.8, 4) is 12.1 Å². The summed E-state index contributed by atoms with van der Waals surface area (Å²) in [6.07, 6.45) is 3.69. The summed E-state index contributed by atoms with van der Waals surface area (Å²) in [5.41, 5.74) is 2.68. The molecular formula is C21H18N6OS. The average Bonchev–Trinajstić information content (AvgIpc) is 3.15. The van der Waals surface area contributed by atoms with Gasteiger partial charge in [-0.05, 0) is 67.7 Å². The molecule has 0 radical (unpaired) electrons. The molecule has 0 atom stereocenters. The van der Waals surface area contributed by atoms with Gasteiger partial charge in [-0.25, -0.2) is 9.97 Å². The van der Waals surface area contributed by atoms with E-state index in [1.54, 1.807) is 18.3 Å². The van der Waals surface area contributed by atoms with Crippen LogP contribution < -0.4 is 5.32 Å². The van der Waals surface area contributed by atoms with E-state index in [0.717, 1.165) is 47.1 Å². The number of carbonyl (C=O) groups is 1.